The molecule has 0 amide bonds. The quantitative estimate of drug-likeness (QED) is 0.427. The normalized spacial score (nSPS) is 29.2. The number of halogens is 1. The Morgan fingerprint density at radius 2 is 2.00 bits per heavy atom. The van der Waals surface area contributed by atoms with Gasteiger partial charge in [0.2, 0.25) is 0 Å². The SMILES string of the molecule is CC(C)C1CCCN(C(C)I)C1. The third-order valence-electron chi connectivity index (χ3n) is 2.94. The van der Waals surface area contributed by atoms with Gasteiger partial charge in [-0.15, -0.1) is 0 Å². The highest BCUT2D eigenvalue weighted by atomic mass is 127. The van der Waals surface area contributed by atoms with E-state index in [0.29, 0.717) is 4.05 Å². The predicted molar refractivity (Wildman–Crippen MR) is 62.6 cm³/mol. The molecular weight excluding hydrogens is 261 g/mol. The van der Waals surface area contributed by atoms with Crippen LogP contribution >= 0.6 is 22.6 Å². The maximum atomic E-state index is 2.61. The van der Waals surface area contributed by atoms with Crippen molar-refractivity contribution in [2.45, 2.75) is 37.7 Å². The van der Waals surface area contributed by atoms with Crippen LogP contribution in [0.25, 0.3) is 0 Å². The first-order valence-corrected chi connectivity index (χ1v) is 6.24. The molecule has 0 aliphatic carbocycles. The molecule has 0 bridgehead atoms. The Hall–Kier alpha value is 0.690. The molecule has 0 radical (unpaired) electrons. The fourth-order valence-electron chi connectivity index (χ4n) is 1.91. The number of likely N-dealkylation sites (tertiary alicyclic amines) is 1. The predicted octanol–water partition coefficient (Wildman–Crippen LogP) is 3.14. The van der Waals surface area contributed by atoms with Crippen molar-refractivity contribution in [1.29, 1.82) is 0 Å². The summed E-state index contributed by atoms with van der Waals surface area (Å²) in [4.78, 5) is 2.61. The van der Waals surface area contributed by atoms with Crippen molar-refractivity contribution in [3.63, 3.8) is 0 Å². The van der Waals surface area contributed by atoms with Crippen LogP contribution in [0.1, 0.15) is 33.6 Å². The average molecular weight is 281 g/mol. The lowest BCUT2D eigenvalue weighted by molar-refractivity contribution is 0.146. The van der Waals surface area contributed by atoms with Crippen LogP contribution in [0.4, 0.5) is 0 Å². The van der Waals surface area contributed by atoms with Gasteiger partial charge in [-0.2, -0.15) is 0 Å². The van der Waals surface area contributed by atoms with Crippen LogP contribution in [0.2, 0.25) is 0 Å². The lowest BCUT2D eigenvalue weighted by Crippen LogP contribution is -2.40. The number of nitrogens with zero attached hydrogens (tertiary/aromatic N) is 1. The van der Waals surface area contributed by atoms with E-state index < -0.39 is 0 Å². The van der Waals surface area contributed by atoms with Crippen LogP contribution in [0.3, 0.4) is 0 Å². The summed E-state index contributed by atoms with van der Waals surface area (Å²) >= 11 is 2.52. The molecule has 1 fully saturated rings. The van der Waals surface area contributed by atoms with Crippen LogP contribution in [0.15, 0.2) is 0 Å². The van der Waals surface area contributed by atoms with Crippen molar-refractivity contribution < 1.29 is 0 Å². The van der Waals surface area contributed by atoms with E-state index in [1.54, 1.807) is 0 Å². The van der Waals surface area contributed by atoms with Crippen molar-refractivity contribution in [3.05, 3.63) is 0 Å². The van der Waals surface area contributed by atoms with Crippen molar-refractivity contribution in [2.75, 3.05) is 13.1 Å². The Kier molecular flexibility index (Phi) is 4.30. The van der Waals surface area contributed by atoms with E-state index in [0.717, 1.165) is 11.8 Å². The zero-order valence-electron chi connectivity index (χ0n) is 8.39. The zero-order chi connectivity index (χ0) is 9.14. The van der Waals surface area contributed by atoms with Gasteiger partial charge in [-0.1, -0.05) is 36.4 Å². The van der Waals surface area contributed by atoms with E-state index in [4.69, 9.17) is 0 Å². The first kappa shape index (κ1) is 10.8. The van der Waals surface area contributed by atoms with Gasteiger partial charge in [-0.25, -0.2) is 0 Å². The van der Waals surface area contributed by atoms with Crippen LogP contribution in [0.5, 0.6) is 0 Å². The lowest BCUT2D eigenvalue weighted by atomic mass is 9.88. The summed E-state index contributed by atoms with van der Waals surface area (Å²) in [5, 5.41) is 0. The van der Waals surface area contributed by atoms with E-state index in [9.17, 15) is 0 Å². The molecule has 2 unspecified atom stereocenters. The summed E-state index contributed by atoms with van der Waals surface area (Å²) in [6, 6.07) is 0. The number of hydrogen-bond donors (Lipinski definition) is 0. The average Bonchev–Trinajstić information content (AvgIpc) is 2.04. The summed E-state index contributed by atoms with van der Waals surface area (Å²) in [6.07, 6.45) is 2.84. The molecule has 0 aromatic rings. The van der Waals surface area contributed by atoms with Gasteiger partial charge in [-0.3, -0.25) is 4.90 Å². The summed E-state index contributed by atoms with van der Waals surface area (Å²) in [5.74, 6) is 1.80. The first-order valence-electron chi connectivity index (χ1n) is 4.99. The van der Waals surface area contributed by atoms with Gasteiger partial charge in [0.25, 0.3) is 0 Å². The molecule has 1 saturated heterocycles. The minimum atomic E-state index is 0.712. The van der Waals surface area contributed by atoms with Gasteiger partial charge in [0.05, 0.1) is 4.05 Å². The number of hydrogen-bond acceptors (Lipinski definition) is 1. The molecular formula is C10H20IN. The summed E-state index contributed by atoms with van der Waals surface area (Å²) < 4.78 is 0.712. The summed E-state index contributed by atoms with van der Waals surface area (Å²) in [7, 11) is 0. The number of piperidine rings is 1. The van der Waals surface area contributed by atoms with Gasteiger partial charge in [-0.05, 0) is 38.1 Å². The molecule has 72 valence electrons. The van der Waals surface area contributed by atoms with Crippen molar-refractivity contribution in [3.8, 4) is 0 Å². The Bertz CT molecular complexity index is 120. The van der Waals surface area contributed by atoms with Crippen molar-refractivity contribution in [1.82, 2.24) is 4.90 Å². The molecule has 2 heteroatoms. The molecule has 1 heterocycles. The maximum Gasteiger partial charge on any atom is 0.0590 e. The molecule has 0 saturated carbocycles. The first-order chi connectivity index (χ1) is 5.61. The van der Waals surface area contributed by atoms with Gasteiger partial charge in [0.15, 0.2) is 0 Å². The Balaban J connectivity index is 2.40. The second-order valence-electron chi connectivity index (χ2n) is 4.22. The third-order valence-corrected chi connectivity index (χ3v) is 3.72. The second kappa shape index (κ2) is 4.80. The summed E-state index contributed by atoms with van der Waals surface area (Å²) in [6.45, 7) is 9.64. The van der Waals surface area contributed by atoms with Crippen molar-refractivity contribution in [2.24, 2.45) is 11.8 Å². The van der Waals surface area contributed by atoms with Gasteiger partial charge >= 0.3 is 0 Å². The van der Waals surface area contributed by atoms with Crippen molar-refractivity contribution >= 4 is 22.6 Å². The van der Waals surface area contributed by atoms with Crippen LogP contribution in [-0.4, -0.2) is 22.0 Å². The molecule has 0 aromatic heterocycles. The summed E-state index contributed by atoms with van der Waals surface area (Å²) in [5.41, 5.74) is 0. The molecule has 1 aliphatic heterocycles. The Labute approximate surface area is 90.0 Å². The molecule has 0 spiro atoms. The van der Waals surface area contributed by atoms with Gasteiger partial charge < -0.3 is 0 Å². The van der Waals surface area contributed by atoms with Gasteiger partial charge in [0, 0.05) is 6.54 Å². The maximum absolute atomic E-state index is 2.61. The highest BCUT2D eigenvalue weighted by Gasteiger charge is 2.23. The highest BCUT2D eigenvalue weighted by molar-refractivity contribution is 14.1. The minimum absolute atomic E-state index is 0.712. The van der Waals surface area contributed by atoms with Crippen LogP contribution in [0, 0.1) is 11.8 Å². The topological polar surface area (TPSA) is 3.24 Å². The molecule has 1 rings (SSSR count). The van der Waals surface area contributed by atoms with E-state index in [1.807, 2.05) is 0 Å². The Morgan fingerprint density at radius 3 is 2.50 bits per heavy atom. The second-order valence-corrected chi connectivity index (χ2v) is 6.02. The molecule has 1 nitrogen and oxygen atoms in total. The molecule has 2 atom stereocenters. The number of alkyl halides is 1. The van der Waals surface area contributed by atoms with Crippen LogP contribution in [-0.2, 0) is 0 Å². The van der Waals surface area contributed by atoms with E-state index in [2.05, 4.69) is 48.3 Å². The van der Waals surface area contributed by atoms with Crippen LogP contribution < -0.4 is 0 Å². The fraction of sp³-hybridized carbons (Fsp3) is 1.00. The Morgan fingerprint density at radius 1 is 1.33 bits per heavy atom. The molecule has 0 aromatic carbocycles. The molecule has 1 aliphatic rings. The van der Waals surface area contributed by atoms with E-state index in [1.165, 1.54) is 25.9 Å². The standard InChI is InChI=1S/C10H20IN/c1-8(2)10-5-4-6-12(7-10)9(3)11/h8-10H,4-7H2,1-3H3. The fourth-order valence-corrected chi connectivity index (χ4v) is 2.41. The number of rotatable bonds is 2. The monoisotopic (exact) mass is 281 g/mol. The zero-order valence-corrected chi connectivity index (χ0v) is 10.5. The van der Waals surface area contributed by atoms with Gasteiger partial charge in [0.1, 0.15) is 0 Å². The molecule has 12 heavy (non-hydrogen) atoms. The third kappa shape index (κ3) is 2.87. The van der Waals surface area contributed by atoms with E-state index in [-0.39, 0.29) is 0 Å². The lowest BCUT2D eigenvalue weighted by Gasteiger charge is -2.36. The van der Waals surface area contributed by atoms with E-state index >= 15 is 0 Å². The minimum Gasteiger partial charge on any atom is -0.292 e. The molecule has 0 N–H and O–H groups in total. The smallest absolute Gasteiger partial charge is 0.0590 e. The largest absolute Gasteiger partial charge is 0.292 e. The highest BCUT2D eigenvalue weighted by Crippen LogP contribution is 2.25.